The standard InChI is InChI=1S/C29H40FN5O2.2ClH/c1-20-15-34(25(14-31-20)16-33-9-10-37-18-21(33)2)17-27(36)35-19-29(3,4)28-26(35)12-23(13-32-28)11-22-5-7-24(30)8-6-22;;/h5-8,12-13,20-21,25,31H,9-11,14-19H2,1-4H3;2*1H/t20-,21-,25-;;/m1../s1. The van der Waals surface area contributed by atoms with E-state index in [1.54, 1.807) is 12.1 Å². The molecule has 1 amide bonds. The number of amides is 1. The van der Waals surface area contributed by atoms with Gasteiger partial charge in [0.1, 0.15) is 5.82 Å². The highest BCUT2D eigenvalue weighted by Crippen LogP contribution is 2.39. The van der Waals surface area contributed by atoms with Gasteiger partial charge in [-0.05, 0) is 49.6 Å². The van der Waals surface area contributed by atoms with Crippen molar-refractivity contribution in [3.63, 3.8) is 0 Å². The third kappa shape index (κ3) is 7.29. The summed E-state index contributed by atoms with van der Waals surface area (Å²) in [5, 5.41) is 3.61. The minimum Gasteiger partial charge on any atom is -0.379 e. The lowest BCUT2D eigenvalue weighted by Crippen LogP contribution is -2.62. The number of nitrogens with one attached hydrogen (secondary N) is 1. The summed E-state index contributed by atoms with van der Waals surface area (Å²) in [7, 11) is 0. The molecule has 1 N–H and O–H groups in total. The number of aromatic nitrogens is 1. The van der Waals surface area contributed by atoms with Crippen LogP contribution in [0.3, 0.4) is 0 Å². The van der Waals surface area contributed by atoms with Crippen LogP contribution in [-0.2, 0) is 21.4 Å². The van der Waals surface area contributed by atoms with Gasteiger partial charge in [-0.15, -0.1) is 24.8 Å². The van der Waals surface area contributed by atoms with Crippen molar-refractivity contribution in [3.8, 4) is 0 Å². The monoisotopic (exact) mass is 581 g/mol. The molecule has 3 aliphatic heterocycles. The zero-order valence-electron chi connectivity index (χ0n) is 23.4. The van der Waals surface area contributed by atoms with Crippen LogP contribution in [0, 0.1) is 5.82 Å². The summed E-state index contributed by atoms with van der Waals surface area (Å²) in [6.07, 6.45) is 2.55. The Kier molecular flexibility index (Phi) is 10.8. The highest BCUT2D eigenvalue weighted by Gasteiger charge is 2.41. The molecule has 2 aromatic rings. The second-order valence-electron chi connectivity index (χ2n) is 11.7. The van der Waals surface area contributed by atoms with E-state index in [0.717, 1.165) is 61.9 Å². The van der Waals surface area contributed by atoms with E-state index in [4.69, 9.17) is 9.72 Å². The van der Waals surface area contributed by atoms with E-state index >= 15 is 0 Å². The van der Waals surface area contributed by atoms with Crippen molar-refractivity contribution >= 4 is 36.4 Å². The zero-order valence-corrected chi connectivity index (χ0v) is 25.0. The third-order valence-electron chi connectivity index (χ3n) is 8.05. The SMILES string of the molecule is C[C@@H]1CN(CC(=O)N2CC(C)(C)c3ncc(Cc4ccc(F)cc4)cc32)[C@@H](CN2CCOC[C@H]2C)CN1.Cl.Cl. The molecule has 1 aromatic carbocycles. The van der Waals surface area contributed by atoms with E-state index < -0.39 is 0 Å². The normalized spacial score (nSPS) is 24.9. The molecule has 10 heteroatoms. The molecular weight excluding hydrogens is 540 g/mol. The van der Waals surface area contributed by atoms with Gasteiger partial charge in [0.15, 0.2) is 0 Å². The molecule has 0 radical (unpaired) electrons. The number of carbonyl (C=O) groups is 1. The molecule has 3 atom stereocenters. The number of morpholine rings is 1. The van der Waals surface area contributed by atoms with Gasteiger partial charge in [-0.1, -0.05) is 26.0 Å². The summed E-state index contributed by atoms with van der Waals surface area (Å²) >= 11 is 0. The molecule has 7 nitrogen and oxygen atoms in total. The van der Waals surface area contributed by atoms with Crippen LogP contribution in [0.25, 0.3) is 0 Å². The lowest BCUT2D eigenvalue weighted by molar-refractivity contribution is -0.121. The first kappa shape index (κ1) is 31.7. The van der Waals surface area contributed by atoms with Crippen LogP contribution in [-0.4, -0.2) is 91.3 Å². The van der Waals surface area contributed by atoms with E-state index in [1.807, 2.05) is 11.1 Å². The maximum atomic E-state index is 13.8. The minimum absolute atomic E-state index is 0. The maximum absolute atomic E-state index is 13.8. The molecule has 0 bridgehead atoms. The second-order valence-corrected chi connectivity index (χ2v) is 11.7. The van der Waals surface area contributed by atoms with Gasteiger partial charge in [0.25, 0.3) is 0 Å². The van der Waals surface area contributed by atoms with Gasteiger partial charge in [-0.25, -0.2) is 4.39 Å². The number of carbonyl (C=O) groups excluding carboxylic acids is 1. The number of pyridine rings is 1. The van der Waals surface area contributed by atoms with Crippen molar-refractivity contribution < 1.29 is 13.9 Å². The quantitative estimate of drug-likeness (QED) is 0.562. The number of anilines is 1. The summed E-state index contributed by atoms with van der Waals surface area (Å²) in [4.78, 5) is 25.4. The Balaban J connectivity index is 0.00000210. The molecule has 216 valence electrons. The molecule has 2 fully saturated rings. The molecule has 1 aromatic heterocycles. The third-order valence-corrected chi connectivity index (χ3v) is 8.05. The van der Waals surface area contributed by atoms with Crippen LogP contribution < -0.4 is 10.2 Å². The molecular formula is C29H42Cl2FN5O2. The van der Waals surface area contributed by atoms with Crippen LogP contribution in [0.2, 0.25) is 0 Å². The maximum Gasteiger partial charge on any atom is 0.241 e. The average Bonchev–Trinajstić information content (AvgIpc) is 3.14. The predicted molar refractivity (Wildman–Crippen MR) is 158 cm³/mol. The predicted octanol–water partition coefficient (Wildman–Crippen LogP) is 3.66. The number of ether oxygens (including phenoxy) is 1. The summed E-state index contributed by atoms with van der Waals surface area (Å²) in [5.41, 5.74) is 3.72. The Labute approximate surface area is 244 Å². The number of hydrogen-bond donors (Lipinski definition) is 1. The van der Waals surface area contributed by atoms with E-state index in [9.17, 15) is 9.18 Å². The van der Waals surface area contributed by atoms with E-state index in [2.05, 4.69) is 48.9 Å². The summed E-state index contributed by atoms with van der Waals surface area (Å²) in [6, 6.07) is 9.69. The minimum atomic E-state index is -0.238. The molecule has 5 rings (SSSR count). The van der Waals surface area contributed by atoms with Gasteiger partial charge in [0, 0.05) is 62.5 Å². The van der Waals surface area contributed by atoms with Gasteiger partial charge in [0.2, 0.25) is 5.91 Å². The lowest BCUT2D eigenvalue weighted by Gasteiger charge is -2.43. The van der Waals surface area contributed by atoms with Gasteiger partial charge in [-0.3, -0.25) is 19.6 Å². The van der Waals surface area contributed by atoms with E-state index in [0.29, 0.717) is 31.6 Å². The van der Waals surface area contributed by atoms with Gasteiger partial charge >= 0.3 is 0 Å². The van der Waals surface area contributed by atoms with Crippen LogP contribution in [0.5, 0.6) is 0 Å². The van der Waals surface area contributed by atoms with Crippen LogP contribution in [0.4, 0.5) is 10.1 Å². The number of hydrogen-bond acceptors (Lipinski definition) is 6. The Morgan fingerprint density at radius 1 is 1.15 bits per heavy atom. The molecule has 4 heterocycles. The van der Waals surface area contributed by atoms with Gasteiger partial charge in [0.05, 0.1) is 31.1 Å². The molecule has 0 spiro atoms. The first-order chi connectivity index (χ1) is 17.7. The molecule has 0 saturated carbocycles. The Morgan fingerprint density at radius 3 is 2.62 bits per heavy atom. The smallest absolute Gasteiger partial charge is 0.241 e. The zero-order chi connectivity index (χ0) is 26.2. The van der Waals surface area contributed by atoms with Crippen molar-refractivity contribution in [2.75, 3.05) is 57.4 Å². The summed E-state index contributed by atoms with van der Waals surface area (Å²) in [5.74, 6) is -0.111. The van der Waals surface area contributed by atoms with Crippen molar-refractivity contribution in [1.29, 1.82) is 0 Å². The van der Waals surface area contributed by atoms with Crippen molar-refractivity contribution in [2.24, 2.45) is 0 Å². The largest absolute Gasteiger partial charge is 0.379 e. The Hall–Kier alpha value is -1.81. The molecule has 0 aliphatic carbocycles. The molecule has 0 unspecified atom stereocenters. The highest BCUT2D eigenvalue weighted by molar-refractivity contribution is 5.97. The Bertz CT molecular complexity index is 1120. The van der Waals surface area contributed by atoms with Crippen molar-refractivity contribution in [1.82, 2.24) is 20.1 Å². The van der Waals surface area contributed by atoms with Crippen LogP contribution >= 0.6 is 24.8 Å². The fourth-order valence-electron chi connectivity index (χ4n) is 5.90. The first-order valence-electron chi connectivity index (χ1n) is 13.5. The number of benzene rings is 1. The van der Waals surface area contributed by atoms with Crippen molar-refractivity contribution in [2.45, 2.75) is 57.7 Å². The number of rotatable bonds is 6. The first-order valence-corrected chi connectivity index (χ1v) is 13.5. The topological polar surface area (TPSA) is 60.9 Å². The second kappa shape index (κ2) is 13.2. The number of piperazine rings is 1. The Morgan fingerprint density at radius 2 is 1.90 bits per heavy atom. The fourth-order valence-corrected chi connectivity index (χ4v) is 5.90. The van der Waals surface area contributed by atoms with E-state index in [-0.39, 0.29) is 48.0 Å². The lowest BCUT2D eigenvalue weighted by atomic mass is 9.91. The van der Waals surface area contributed by atoms with Gasteiger partial charge < -0.3 is 15.0 Å². The summed E-state index contributed by atoms with van der Waals surface area (Å²) < 4.78 is 19.0. The number of nitrogens with zero attached hydrogens (tertiary/aromatic N) is 4. The fraction of sp³-hybridized carbons (Fsp3) is 0.586. The molecule has 39 heavy (non-hydrogen) atoms. The summed E-state index contributed by atoms with van der Waals surface area (Å²) in [6.45, 7) is 14.9. The van der Waals surface area contributed by atoms with Crippen molar-refractivity contribution in [3.05, 3.63) is 59.2 Å². The van der Waals surface area contributed by atoms with Crippen LogP contribution in [0.1, 0.15) is 44.5 Å². The van der Waals surface area contributed by atoms with Gasteiger partial charge in [-0.2, -0.15) is 0 Å². The highest BCUT2D eigenvalue weighted by atomic mass is 35.5. The van der Waals surface area contributed by atoms with E-state index in [1.165, 1.54) is 12.1 Å². The van der Waals surface area contributed by atoms with Crippen LogP contribution in [0.15, 0.2) is 36.5 Å². The average molecular weight is 583 g/mol. The number of halogens is 3. The molecule has 2 saturated heterocycles. The molecule has 3 aliphatic rings. The number of fused-ring (bicyclic) bond motifs is 1.